The van der Waals surface area contributed by atoms with Gasteiger partial charge in [-0.05, 0) is 26.3 Å². The predicted octanol–water partition coefficient (Wildman–Crippen LogP) is 1.72. The van der Waals surface area contributed by atoms with Crippen LogP contribution in [0.15, 0.2) is 0 Å². The summed E-state index contributed by atoms with van der Waals surface area (Å²) >= 11 is 0. The van der Waals surface area contributed by atoms with Gasteiger partial charge in [-0.2, -0.15) is 0 Å². The van der Waals surface area contributed by atoms with Crippen molar-refractivity contribution >= 4 is 5.97 Å². The molecule has 1 aliphatic heterocycles. The number of aliphatic hydroxyl groups is 1. The van der Waals surface area contributed by atoms with E-state index in [1.165, 1.54) is 0 Å². The number of likely N-dealkylation sites (tertiary alicyclic amines) is 1. The fourth-order valence-corrected chi connectivity index (χ4v) is 3.37. The van der Waals surface area contributed by atoms with Crippen LogP contribution in [0.3, 0.4) is 0 Å². The number of piperidine rings is 1. The van der Waals surface area contributed by atoms with Crippen molar-refractivity contribution in [3.63, 3.8) is 0 Å². The summed E-state index contributed by atoms with van der Waals surface area (Å²) in [6, 6.07) is 0. The molecule has 124 valence electrons. The van der Waals surface area contributed by atoms with Gasteiger partial charge in [-0.15, -0.1) is 0 Å². The Kier molecular flexibility index (Phi) is 5.24. The highest BCUT2D eigenvalue weighted by Crippen LogP contribution is 2.37. The number of imidazole rings is 1. The quantitative estimate of drug-likeness (QED) is 0.744. The summed E-state index contributed by atoms with van der Waals surface area (Å²) in [6.07, 6.45) is 1.81. The molecule has 0 aliphatic carbocycles. The lowest BCUT2D eigenvalue weighted by Crippen LogP contribution is -2.54. The number of carboxylic acid groups (broad SMARTS) is 1. The van der Waals surface area contributed by atoms with Crippen LogP contribution in [-0.4, -0.2) is 50.2 Å². The summed E-state index contributed by atoms with van der Waals surface area (Å²) in [5.41, 5.74) is 1.05. The topological polar surface area (TPSA) is 89.5 Å². The standard InChI is InChI=1S/C16H27N3O3/c1-4-6-16(15(21)22)7-8-19(10-13(16)20)9-12-11(3)17-14(5-2)18-12/h13,20H,4-10H2,1-3H3,(H,17,18)(H,21,22)/t13-,16-/m0/s1. The number of aromatic nitrogens is 2. The van der Waals surface area contributed by atoms with Crippen LogP contribution in [0, 0.1) is 12.3 Å². The highest BCUT2D eigenvalue weighted by molar-refractivity contribution is 5.75. The summed E-state index contributed by atoms with van der Waals surface area (Å²) < 4.78 is 0. The monoisotopic (exact) mass is 309 g/mol. The third kappa shape index (κ3) is 3.17. The number of aryl methyl sites for hydroxylation is 2. The molecule has 1 saturated heterocycles. The number of hydrogen-bond acceptors (Lipinski definition) is 4. The summed E-state index contributed by atoms with van der Waals surface area (Å²) in [5.74, 6) is 0.0987. The van der Waals surface area contributed by atoms with E-state index in [9.17, 15) is 15.0 Å². The second kappa shape index (κ2) is 6.79. The maximum Gasteiger partial charge on any atom is 0.312 e. The molecular formula is C16H27N3O3. The molecule has 3 N–H and O–H groups in total. The summed E-state index contributed by atoms with van der Waals surface area (Å²) in [5, 5.41) is 20.0. The van der Waals surface area contributed by atoms with Crippen molar-refractivity contribution < 1.29 is 15.0 Å². The fraction of sp³-hybridized carbons (Fsp3) is 0.750. The molecule has 1 aromatic rings. The predicted molar refractivity (Wildman–Crippen MR) is 83.6 cm³/mol. The number of β-amino-alcohol motifs (C(OH)–C–C–N with tert-alkyl or cyclic N) is 1. The maximum absolute atomic E-state index is 11.6. The minimum Gasteiger partial charge on any atom is -0.481 e. The number of aliphatic carboxylic acids is 1. The number of aliphatic hydroxyl groups excluding tert-OH is 1. The average molecular weight is 309 g/mol. The van der Waals surface area contributed by atoms with Gasteiger partial charge in [0, 0.05) is 25.2 Å². The normalized spacial score (nSPS) is 26.3. The van der Waals surface area contributed by atoms with Crippen molar-refractivity contribution in [1.29, 1.82) is 0 Å². The number of nitrogens with one attached hydrogen (secondary N) is 1. The van der Waals surface area contributed by atoms with Crippen molar-refractivity contribution in [2.45, 2.75) is 59.1 Å². The molecule has 2 atom stereocenters. The summed E-state index contributed by atoms with van der Waals surface area (Å²) in [7, 11) is 0. The Morgan fingerprint density at radius 2 is 2.23 bits per heavy atom. The van der Waals surface area contributed by atoms with E-state index in [1.807, 2.05) is 13.8 Å². The van der Waals surface area contributed by atoms with Gasteiger partial charge >= 0.3 is 5.97 Å². The third-order valence-electron chi connectivity index (χ3n) is 4.81. The van der Waals surface area contributed by atoms with Gasteiger partial charge in [-0.1, -0.05) is 20.3 Å². The molecular weight excluding hydrogens is 282 g/mol. The zero-order valence-electron chi connectivity index (χ0n) is 13.7. The van der Waals surface area contributed by atoms with Gasteiger partial charge in [-0.25, -0.2) is 4.98 Å². The van der Waals surface area contributed by atoms with Crippen molar-refractivity contribution in [1.82, 2.24) is 14.9 Å². The molecule has 22 heavy (non-hydrogen) atoms. The van der Waals surface area contributed by atoms with Crippen molar-refractivity contribution in [2.75, 3.05) is 13.1 Å². The zero-order chi connectivity index (χ0) is 16.3. The Bertz CT molecular complexity index is 529. The number of aromatic amines is 1. The fourth-order valence-electron chi connectivity index (χ4n) is 3.37. The van der Waals surface area contributed by atoms with E-state index in [0.717, 1.165) is 30.1 Å². The van der Waals surface area contributed by atoms with Gasteiger partial charge in [0.05, 0.1) is 17.2 Å². The first-order valence-electron chi connectivity index (χ1n) is 8.11. The minimum absolute atomic E-state index is 0.389. The lowest BCUT2D eigenvalue weighted by Gasteiger charge is -2.42. The minimum atomic E-state index is -0.986. The van der Waals surface area contributed by atoms with E-state index in [-0.39, 0.29) is 0 Å². The second-order valence-electron chi connectivity index (χ2n) is 6.32. The van der Waals surface area contributed by atoms with Crippen LogP contribution < -0.4 is 0 Å². The van der Waals surface area contributed by atoms with E-state index in [0.29, 0.717) is 32.5 Å². The first-order valence-corrected chi connectivity index (χ1v) is 8.11. The van der Waals surface area contributed by atoms with Crippen LogP contribution in [-0.2, 0) is 17.8 Å². The lowest BCUT2D eigenvalue weighted by molar-refractivity contribution is -0.164. The van der Waals surface area contributed by atoms with Crippen LogP contribution in [0.2, 0.25) is 0 Å². The van der Waals surface area contributed by atoms with E-state index >= 15 is 0 Å². The number of nitrogens with zero attached hydrogens (tertiary/aromatic N) is 2. The molecule has 1 fully saturated rings. The molecule has 6 nitrogen and oxygen atoms in total. The smallest absolute Gasteiger partial charge is 0.312 e. The molecule has 2 heterocycles. The first kappa shape index (κ1) is 17.0. The molecule has 0 unspecified atom stereocenters. The average Bonchev–Trinajstić information content (AvgIpc) is 2.82. The number of hydrogen-bond donors (Lipinski definition) is 3. The molecule has 2 rings (SSSR count). The molecule has 0 radical (unpaired) electrons. The Hall–Kier alpha value is -1.40. The van der Waals surface area contributed by atoms with Crippen LogP contribution in [0.25, 0.3) is 0 Å². The Morgan fingerprint density at radius 1 is 1.50 bits per heavy atom. The van der Waals surface area contributed by atoms with E-state index in [2.05, 4.69) is 21.8 Å². The lowest BCUT2D eigenvalue weighted by atomic mass is 9.73. The number of carboxylic acids is 1. The Labute approximate surface area is 131 Å². The number of rotatable bonds is 6. The van der Waals surface area contributed by atoms with Crippen molar-refractivity contribution in [3.8, 4) is 0 Å². The van der Waals surface area contributed by atoms with E-state index in [4.69, 9.17) is 0 Å². The highest BCUT2D eigenvalue weighted by Gasteiger charge is 2.47. The number of H-pyrrole nitrogens is 1. The van der Waals surface area contributed by atoms with Gasteiger partial charge in [0.25, 0.3) is 0 Å². The molecule has 0 aromatic carbocycles. The van der Waals surface area contributed by atoms with Gasteiger partial charge in [-0.3, -0.25) is 9.69 Å². The molecule has 0 bridgehead atoms. The van der Waals surface area contributed by atoms with Gasteiger partial charge < -0.3 is 15.2 Å². The molecule has 1 aliphatic rings. The maximum atomic E-state index is 11.6. The molecule has 6 heteroatoms. The van der Waals surface area contributed by atoms with Gasteiger partial charge in [0.1, 0.15) is 5.82 Å². The Morgan fingerprint density at radius 3 is 2.73 bits per heavy atom. The van der Waals surface area contributed by atoms with Gasteiger partial charge in [0.15, 0.2) is 0 Å². The van der Waals surface area contributed by atoms with Gasteiger partial charge in [0.2, 0.25) is 0 Å². The van der Waals surface area contributed by atoms with Crippen molar-refractivity contribution in [3.05, 3.63) is 17.2 Å². The largest absolute Gasteiger partial charge is 0.481 e. The molecule has 1 aromatic heterocycles. The first-order chi connectivity index (χ1) is 10.4. The van der Waals surface area contributed by atoms with Crippen LogP contribution in [0.4, 0.5) is 0 Å². The highest BCUT2D eigenvalue weighted by atomic mass is 16.4. The van der Waals surface area contributed by atoms with E-state index < -0.39 is 17.5 Å². The molecule has 0 spiro atoms. The Balaban J connectivity index is 2.06. The van der Waals surface area contributed by atoms with Crippen LogP contribution >= 0.6 is 0 Å². The van der Waals surface area contributed by atoms with Crippen LogP contribution in [0.5, 0.6) is 0 Å². The number of carbonyl (C=O) groups is 1. The SMILES string of the molecule is CCC[C@]1(C(=O)O)CCN(Cc2nc(CC)[nH]c2C)C[C@@H]1O. The molecule has 0 amide bonds. The van der Waals surface area contributed by atoms with E-state index in [1.54, 1.807) is 0 Å². The summed E-state index contributed by atoms with van der Waals surface area (Å²) in [4.78, 5) is 21.6. The molecule has 0 saturated carbocycles. The zero-order valence-corrected chi connectivity index (χ0v) is 13.7. The third-order valence-corrected chi connectivity index (χ3v) is 4.81. The summed E-state index contributed by atoms with van der Waals surface area (Å²) in [6.45, 7) is 7.74. The van der Waals surface area contributed by atoms with Crippen LogP contribution in [0.1, 0.15) is 50.3 Å². The van der Waals surface area contributed by atoms with Crippen molar-refractivity contribution in [2.24, 2.45) is 5.41 Å². The second-order valence-corrected chi connectivity index (χ2v) is 6.32.